The normalized spacial score (nSPS) is 10.4. The summed E-state index contributed by atoms with van der Waals surface area (Å²) in [5.41, 5.74) is 2.17. The van der Waals surface area contributed by atoms with Gasteiger partial charge in [-0.25, -0.2) is 4.98 Å². The van der Waals surface area contributed by atoms with E-state index in [1.54, 1.807) is 6.20 Å². The fourth-order valence-corrected chi connectivity index (χ4v) is 3.17. The van der Waals surface area contributed by atoms with Crippen molar-refractivity contribution in [2.24, 2.45) is 0 Å². The summed E-state index contributed by atoms with van der Waals surface area (Å²) in [4.78, 5) is 19.3. The highest BCUT2D eigenvalue weighted by atomic mass is 32.1. The number of aromatic nitrogens is 1. The molecule has 122 valence electrons. The lowest BCUT2D eigenvalue weighted by atomic mass is 10.2. The standard InChI is InChI=1S/C19H19N3OS/c1-22(16-10-6-3-7-11-16)13-12-20-18(23)17-14-21-19(24-17)15-8-4-2-5-9-15/h2-11,14H,12-13H2,1H3,(H,20,23). The predicted molar refractivity (Wildman–Crippen MR) is 99.6 cm³/mol. The molecule has 1 aromatic heterocycles. The molecule has 3 aromatic rings. The van der Waals surface area contributed by atoms with Crippen LogP contribution < -0.4 is 10.2 Å². The maximum absolute atomic E-state index is 12.2. The minimum atomic E-state index is -0.0730. The van der Waals surface area contributed by atoms with Crippen molar-refractivity contribution in [2.45, 2.75) is 0 Å². The summed E-state index contributed by atoms with van der Waals surface area (Å²) < 4.78 is 0. The van der Waals surface area contributed by atoms with Crippen molar-refractivity contribution in [2.75, 3.05) is 25.0 Å². The largest absolute Gasteiger partial charge is 0.373 e. The number of nitrogens with zero attached hydrogens (tertiary/aromatic N) is 2. The lowest BCUT2D eigenvalue weighted by Gasteiger charge is -2.19. The SMILES string of the molecule is CN(CCNC(=O)c1cnc(-c2ccccc2)s1)c1ccccc1. The number of thiazole rings is 1. The molecule has 0 fully saturated rings. The zero-order valence-electron chi connectivity index (χ0n) is 13.5. The van der Waals surface area contributed by atoms with Gasteiger partial charge in [-0.2, -0.15) is 0 Å². The molecule has 1 amide bonds. The highest BCUT2D eigenvalue weighted by Gasteiger charge is 2.11. The third-order valence-corrected chi connectivity index (χ3v) is 4.73. The number of hydrogen-bond donors (Lipinski definition) is 1. The van der Waals surface area contributed by atoms with Gasteiger partial charge in [0.1, 0.15) is 9.88 Å². The number of amides is 1. The highest BCUT2D eigenvalue weighted by molar-refractivity contribution is 7.16. The zero-order valence-corrected chi connectivity index (χ0v) is 14.3. The second kappa shape index (κ2) is 7.75. The number of para-hydroxylation sites is 1. The van der Waals surface area contributed by atoms with Crippen LogP contribution in [0.25, 0.3) is 10.6 Å². The van der Waals surface area contributed by atoms with Crippen LogP contribution in [0, 0.1) is 0 Å². The molecule has 4 nitrogen and oxygen atoms in total. The maximum atomic E-state index is 12.2. The molecule has 5 heteroatoms. The molecular formula is C19H19N3OS. The van der Waals surface area contributed by atoms with Gasteiger partial charge in [-0.3, -0.25) is 4.79 Å². The van der Waals surface area contributed by atoms with E-state index >= 15 is 0 Å². The summed E-state index contributed by atoms with van der Waals surface area (Å²) in [7, 11) is 2.02. The van der Waals surface area contributed by atoms with Gasteiger partial charge in [-0.15, -0.1) is 11.3 Å². The first-order chi connectivity index (χ1) is 11.7. The monoisotopic (exact) mass is 337 g/mol. The van der Waals surface area contributed by atoms with Crippen molar-refractivity contribution in [3.8, 4) is 10.6 Å². The van der Waals surface area contributed by atoms with E-state index in [9.17, 15) is 4.79 Å². The summed E-state index contributed by atoms with van der Waals surface area (Å²) >= 11 is 1.41. The van der Waals surface area contributed by atoms with Gasteiger partial charge in [0.15, 0.2) is 0 Å². The van der Waals surface area contributed by atoms with E-state index in [0.717, 1.165) is 22.8 Å². The average Bonchev–Trinajstić information content (AvgIpc) is 3.13. The smallest absolute Gasteiger partial charge is 0.263 e. The summed E-state index contributed by atoms with van der Waals surface area (Å²) in [5.74, 6) is -0.0730. The number of rotatable bonds is 6. The van der Waals surface area contributed by atoms with Crippen LogP contribution in [0.2, 0.25) is 0 Å². The van der Waals surface area contributed by atoms with Gasteiger partial charge >= 0.3 is 0 Å². The van der Waals surface area contributed by atoms with Gasteiger partial charge < -0.3 is 10.2 Å². The van der Waals surface area contributed by atoms with E-state index < -0.39 is 0 Å². The van der Waals surface area contributed by atoms with Gasteiger partial charge in [0.05, 0.1) is 6.20 Å². The van der Waals surface area contributed by atoms with Gasteiger partial charge in [0.2, 0.25) is 0 Å². The Hall–Kier alpha value is -2.66. The minimum absolute atomic E-state index is 0.0730. The Bertz CT molecular complexity index is 787. The van der Waals surface area contributed by atoms with E-state index in [4.69, 9.17) is 0 Å². The van der Waals surface area contributed by atoms with Crippen LogP contribution in [0.4, 0.5) is 5.69 Å². The number of carbonyl (C=O) groups is 1. The Morgan fingerprint density at radius 3 is 2.46 bits per heavy atom. The van der Waals surface area contributed by atoms with Gasteiger partial charge in [-0.05, 0) is 12.1 Å². The predicted octanol–water partition coefficient (Wildman–Crippen LogP) is 3.68. The molecular weight excluding hydrogens is 318 g/mol. The van der Waals surface area contributed by atoms with Gasteiger partial charge in [-0.1, -0.05) is 48.5 Å². The number of anilines is 1. The molecule has 0 atom stereocenters. The Balaban J connectivity index is 1.53. The topological polar surface area (TPSA) is 45.2 Å². The van der Waals surface area contributed by atoms with Crippen molar-refractivity contribution in [1.29, 1.82) is 0 Å². The molecule has 0 bridgehead atoms. The Labute approximate surface area is 145 Å². The molecule has 0 aliphatic carbocycles. The molecule has 24 heavy (non-hydrogen) atoms. The molecule has 0 saturated heterocycles. The van der Waals surface area contributed by atoms with E-state index in [2.05, 4.69) is 27.3 Å². The first-order valence-electron chi connectivity index (χ1n) is 7.79. The highest BCUT2D eigenvalue weighted by Crippen LogP contribution is 2.24. The molecule has 0 aliphatic rings. The van der Waals surface area contributed by atoms with Gasteiger partial charge in [0, 0.05) is 31.4 Å². The summed E-state index contributed by atoms with van der Waals surface area (Å²) in [6.07, 6.45) is 1.64. The Kier molecular flexibility index (Phi) is 5.23. The van der Waals surface area contributed by atoms with E-state index in [1.807, 2.05) is 55.6 Å². The molecule has 1 heterocycles. The number of likely N-dealkylation sites (N-methyl/N-ethyl adjacent to an activating group) is 1. The lowest BCUT2D eigenvalue weighted by Crippen LogP contribution is -2.32. The lowest BCUT2D eigenvalue weighted by molar-refractivity contribution is 0.0958. The molecule has 0 unspecified atom stereocenters. The van der Waals surface area contributed by atoms with E-state index in [1.165, 1.54) is 11.3 Å². The third kappa shape index (κ3) is 4.00. The maximum Gasteiger partial charge on any atom is 0.263 e. The molecule has 0 spiro atoms. The summed E-state index contributed by atoms with van der Waals surface area (Å²) in [5, 5.41) is 3.82. The molecule has 0 aliphatic heterocycles. The van der Waals surface area contributed by atoms with Gasteiger partial charge in [0.25, 0.3) is 5.91 Å². The number of nitrogens with one attached hydrogen (secondary N) is 1. The quantitative estimate of drug-likeness (QED) is 0.746. The van der Waals surface area contributed by atoms with Crippen molar-refractivity contribution in [3.63, 3.8) is 0 Å². The Morgan fingerprint density at radius 1 is 1.08 bits per heavy atom. The average molecular weight is 337 g/mol. The summed E-state index contributed by atoms with van der Waals surface area (Å²) in [6.45, 7) is 1.34. The summed E-state index contributed by atoms with van der Waals surface area (Å²) in [6, 6.07) is 20.0. The zero-order chi connectivity index (χ0) is 16.8. The molecule has 2 aromatic carbocycles. The first-order valence-corrected chi connectivity index (χ1v) is 8.61. The number of hydrogen-bond acceptors (Lipinski definition) is 4. The van der Waals surface area contributed by atoms with Crippen LogP contribution in [0.5, 0.6) is 0 Å². The van der Waals surface area contributed by atoms with Crippen molar-refractivity contribution in [3.05, 3.63) is 71.7 Å². The van der Waals surface area contributed by atoms with Crippen LogP contribution in [0.1, 0.15) is 9.67 Å². The van der Waals surface area contributed by atoms with Crippen LogP contribution in [-0.2, 0) is 0 Å². The van der Waals surface area contributed by atoms with Crippen molar-refractivity contribution in [1.82, 2.24) is 10.3 Å². The minimum Gasteiger partial charge on any atom is -0.373 e. The second-order valence-electron chi connectivity index (χ2n) is 5.41. The van der Waals surface area contributed by atoms with E-state index in [0.29, 0.717) is 11.4 Å². The third-order valence-electron chi connectivity index (χ3n) is 3.68. The van der Waals surface area contributed by atoms with Crippen molar-refractivity contribution >= 4 is 22.9 Å². The van der Waals surface area contributed by atoms with Crippen LogP contribution >= 0.6 is 11.3 Å². The van der Waals surface area contributed by atoms with Crippen molar-refractivity contribution < 1.29 is 4.79 Å². The second-order valence-corrected chi connectivity index (χ2v) is 6.44. The molecule has 1 N–H and O–H groups in total. The van der Waals surface area contributed by atoms with Crippen LogP contribution in [0.3, 0.4) is 0 Å². The molecule has 0 saturated carbocycles. The number of carbonyl (C=O) groups excluding carboxylic acids is 1. The molecule has 0 radical (unpaired) electrons. The van der Waals surface area contributed by atoms with Crippen LogP contribution in [0.15, 0.2) is 66.9 Å². The fourth-order valence-electron chi connectivity index (χ4n) is 2.33. The molecule has 3 rings (SSSR count). The van der Waals surface area contributed by atoms with Crippen LogP contribution in [-0.4, -0.2) is 31.0 Å². The fraction of sp³-hybridized carbons (Fsp3) is 0.158. The Morgan fingerprint density at radius 2 is 1.75 bits per heavy atom. The number of benzene rings is 2. The van der Waals surface area contributed by atoms with E-state index in [-0.39, 0.29) is 5.91 Å². The first kappa shape index (κ1) is 16.2.